The van der Waals surface area contributed by atoms with E-state index >= 15 is 0 Å². The van der Waals surface area contributed by atoms with Gasteiger partial charge in [0.05, 0.1) is 5.69 Å². The van der Waals surface area contributed by atoms with Gasteiger partial charge in [-0.25, -0.2) is 9.97 Å². The summed E-state index contributed by atoms with van der Waals surface area (Å²) in [6, 6.07) is 10.1. The van der Waals surface area contributed by atoms with Gasteiger partial charge in [-0.05, 0) is 34.5 Å². The Morgan fingerprint density at radius 3 is 2.64 bits per heavy atom. The van der Waals surface area contributed by atoms with Gasteiger partial charge in [-0.3, -0.25) is 0 Å². The zero-order chi connectivity index (χ0) is 9.97. The van der Waals surface area contributed by atoms with Crippen LogP contribution in [0.2, 0.25) is 0 Å². The highest BCUT2D eigenvalue weighted by Gasteiger charge is 2.02. The van der Waals surface area contributed by atoms with E-state index in [0.29, 0.717) is 0 Å². The first kappa shape index (κ1) is 9.34. The van der Waals surface area contributed by atoms with E-state index in [1.807, 2.05) is 18.2 Å². The maximum atomic E-state index is 4.23. The maximum absolute atomic E-state index is 4.23. The van der Waals surface area contributed by atoms with E-state index in [4.69, 9.17) is 0 Å². The van der Waals surface area contributed by atoms with Gasteiger partial charge in [0, 0.05) is 5.56 Å². The van der Waals surface area contributed by atoms with E-state index in [2.05, 4.69) is 45.0 Å². The zero-order valence-electron chi connectivity index (χ0n) is 7.74. The van der Waals surface area contributed by atoms with Gasteiger partial charge < -0.3 is 0 Å². The highest BCUT2D eigenvalue weighted by atomic mass is 79.9. The van der Waals surface area contributed by atoms with E-state index in [0.717, 1.165) is 15.9 Å². The molecule has 1 heterocycles. The highest BCUT2D eigenvalue weighted by molar-refractivity contribution is 9.10. The topological polar surface area (TPSA) is 25.8 Å². The molecule has 70 valence electrons. The van der Waals surface area contributed by atoms with Crippen molar-refractivity contribution in [2.75, 3.05) is 0 Å². The highest BCUT2D eigenvalue weighted by Crippen LogP contribution is 2.22. The third kappa shape index (κ3) is 1.82. The molecule has 0 radical (unpaired) electrons. The smallest absolute Gasteiger partial charge is 0.117 e. The van der Waals surface area contributed by atoms with Crippen LogP contribution in [0, 0.1) is 6.92 Å². The van der Waals surface area contributed by atoms with Gasteiger partial charge in [-0.15, -0.1) is 0 Å². The van der Waals surface area contributed by atoms with Gasteiger partial charge >= 0.3 is 0 Å². The van der Waals surface area contributed by atoms with Crippen LogP contribution in [0.1, 0.15) is 5.56 Å². The molecule has 0 amide bonds. The number of hydrogen-bond donors (Lipinski definition) is 0. The molecule has 0 fully saturated rings. The van der Waals surface area contributed by atoms with Crippen molar-refractivity contribution in [1.82, 2.24) is 9.97 Å². The molecule has 0 aliphatic rings. The number of rotatable bonds is 1. The van der Waals surface area contributed by atoms with Crippen molar-refractivity contribution < 1.29 is 0 Å². The number of hydrogen-bond acceptors (Lipinski definition) is 2. The average molecular weight is 249 g/mol. The summed E-state index contributed by atoms with van der Waals surface area (Å²) in [5, 5.41) is 0. The fourth-order valence-electron chi connectivity index (χ4n) is 1.34. The van der Waals surface area contributed by atoms with E-state index in [1.54, 1.807) is 6.33 Å². The predicted octanol–water partition coefficient (Wildman–Crippen LogP) is 3.21. The Morgan fingerprint density at radius 1 is 1.14 bits per heavy atom. The van der Waals surface area contributed by atoms with Crippen LogP contribution in [-0.4, -0.2) is 9.97 Å². The number of halogens is 1. The number of aryl methyl sites for hydroxylation is 1. The van der Waals surface area contributed by atoms with Gasteiger partial charge in [0.1, 0.15) is 10.9 Å². The lowest BCUT2D eigenvalue weighted by molar-refractivity contribution is 1.14. The summed E-state index contributed by atoms with van der Waals surface area (Å²) in [7, 11) is 0. The first-order chi connectivity index (χ1) is 6.77. The van der Waals surface area contributed by atoms with E-state index in [9.17, 15) is 0 Å². The van der Waals surface area contributed by atoms with Crippen molar-refractivity contribution in [2.45, 2.75) is 6.92 Å². The van der Waals surface area contributed by atoms with Crippen molar-refractivity contribution in [2.24, 2.45) is 0 Å². The maximum Gasteiger partial charge on any atom is 0.117 e. The molecule has 0 saturated heterocycles. The largest absolute Gasteiger partial charge is 0.236 e. The summed E-state index contributed by atoms with van der Waals surface area (Å²) < 4.78 is 0.811. The summed E-state index contributed by atoms with van der Waals surface area (Å²) in [6.45, 7) is 2.07. The summed E-state index contributed by atoms with van der Waals surface area (Å²) >= 11 is 3.33. The minimum atomic E-state index is 0.811. The Morgan fingerprint density at radius 2 is 1.93 bits per heavy atom. The lowest BCUT2D eigenvalue weighted by atomic mass is 10.1. The van der Waals surface area contributed by atoms with Crippen LogP contribution in [0.5, 0.6) is 0 Å². The Hall–Kier alpha value is -1.22. The van der Waals surface area contributed by atoms with Gasteiger partial charge in [0.25, 0.3) is 0 Å². The minimum absolute atomic E-state index is 0.811. The monoisotopic (exact) mass is 248 g/mol. The molecule has 0 aliphatic carbocycles. The number of benzene rings is 1. The van der Waals surface area contributed by atoms with Crippen LogP contribution in [0.4, 0.5) is 0 Å². The first-order valence-corrected chi connectivity index (χ1v) is 5.10. The molecule has 1 aromatic carbocycles. The van der Waals surface area contributed by atoms with Crippen molar-refractivity contribution in [3.8, 4) is 11.3 Å². The van der Waals surface area contributed by atoms with Gasteiger partial charge in [0.15, 0.2) is 0 Å². The molecular formula is C11H9BrN2. The average Bonchev–Trinajstić information content (AvgIpc) is 2.18. The standard InChI is InChI=1S/C11H9BrN2/c1-8-4-2-3-5-9(8)10-6-11(12)14-7-13-10/h2-7H,1H3. The molecular weight excluding hydrogens is 240 g/mol. The van der Waals surface area contributed by atoms with Crippen LogP contribution < -0.4 is 0 Å². The van der Waals surface area contributed by atoms with Gasteiger partial charge in [-0.1, -0.05) is 24.3 Å². The summed E-state index contributed by atoms with van der Waals surface area (Å²) in [4.78, 5) is 8.23. The lowest BCUT2D eigenvalue weighted by Gasteiger charge is -2.03. The Bertz CT molecular complexity index is 455. The molecule has 2 aromatic rings. The lowest BCUT2D eigenvalue weighted by Crippen LogP contribution is -1.87. The fourth-order valence-corrected chi connectivity index (χ4v) is 1.65. The SMILES string of the molecule is Cc1ccccc1-c1cc(Br)ncn1. The zero-order valence-corrected chi connectivity index (χ0v) is 9.32. The minimum Gasteiger partial charge on any atom is -0.236 e. The van der Waals surface area contributed by atoms with Crippen LogP contribution in [0.25, 0.3) is 11.3 Å². The van der Waals surface area contributed by atoms with Crippen molar-refractivity contribution in [1.29, 1.82) is 0 Å². The van der Waals surface area contributed by atoms with Gasteiger partial charge in [0.2, 0.25) is 0 Å². The molecule has 1 aromatic heterocycles. The molecule has 0 N–H and O–H groups in total. The van der Waals surface area contributed by atoms with E-state index in [-0.39, 0.29) is 0 Å². The first-order valence-electron chi connectivity index (χ1n) is 4.31. The molecule has 0 aliphatic heterocycles. The molecule has 3 heteroatoms. The van der Waals surface area contributed by atoms with Crippen LogP contribution in [-0.2, 0) is 0 Å². The van der Waals surface area contributed by atoms with Crippen molar-refractivity contribution in [3.63, 3.8) is 0 Å². The second-order valence-corrected chi connectivity index (χ2v) is 3.85. The molecule has 0 spiro atoms. The second-order valence-electron chi connectivity index (χ2n) is 3.04. The molecule has 14 heavy (non-hydrogen) atoms. The molecule has 0 bridgehead atoms. The van der Waals surface area contributed by atoms with Crippen LogP contribution in [0.3, 0.4) is 0 Å². The second kappa shape index (κ2) is 3.88. The van der Waals surface area contributed by atoms with Crippen LogP contribution in [0.15, 0.2) is 41.3 Å². The number of nitrogens with zero attached hydrogens (tertiary/aromatic N) is 2. The molecule has 2 nitrogen and oxygen atoms in total. The quantitative estimate of drug-likeness (QED) is 0.725. The summed E-state index contributed by atoms with van der Waals surface area (Å²) in [5.74, 6) is 0. The summed E-state index contributed by atoms with van der Waals surface area (Å²) in [5.41, 5.74) is 3.32. The molecule has 0 unspecified atom stereocenters. The van der Waals surface area contributed by atoms with Gasteiger partial charge in [-0.2, -0.15) is 0 Å². The van der Waals surface area contributed by atoms with E-state index in [1.165, 1.54) is 5.56 Å². The normalized spacial score (nSPS) is 10.1. The van der Waals surface area contributed by atoms with Crippen molar-refractivity contribution >= 4 is 15.9 Å². The molecule has 0 atom stereocenters. The predicted molar refractivity (Wildman–Crippen MR) is 59.9 cm³/mol. The fraction of sp³-hybridized carbons (Fsp3) is 0.0909. The molecule has 0 saturated carbocycles. The Kier molecular flexibility index (Phi) is 2.59. The molecule has 2 rings (SSSR count). The Labute approximate surface area is 91.2 Å². The van der Waals surface area contributed by atoms with Crippen molar-refractivity contribution in [3.05, 3.63) is 46.8 Å². The third-order valence-electron chi connectivity index (χ3n) is 2.05. The third-order valence-corrected chi connectivity index (χ3v) is 2.49. The van der Waals surface area contributed by atoms with E-state index < -0.39 is 0 Å². The summed E-state index contributed by atoms with van der Waals surface area (Å²) in [6.07, 6.45) is 1.56. The number of aromatic nitrogens is 2. The van der Waals surface area contributed by atoms with Crippen LogP contribution >= 0.6 is 15.9 Å². The Balaban J connectivity index is 2.55.